The molecule has 3 atom stereocenters. The van der Waals surface area contributed by atoms with E-state index in [1.807, 2.05) is 0 Å². The van der Waals surface area contributed by atoms with E-state index in [2.05, 4.69) is 52.8 Å². The number of hydrogen-bond acceptors (Lipinski definition) is 2. The molecular weight excluding hydrogens is 296 g/mol. The Bertz CT molecular complexity index is 643. The fourth-order valence-electron chi connectivity index (χ4n) is 5.48. The third-order valence-electron chi connectivity index (χ3n) is 6.84. The first kappa shape index (κ1) is 17.5. The zero-order valence-electron chi connectivity index (χ0n) is 16.1. The minimum atomic E-state index is -0.144. The van der Waals surface area contributed by atoms with Crippen molar-refractivity contribution in [3.8, 4) is 0 Å². The Morgan fingerprint density at radius 3 is 2.54 bits per heavy atom. The van der Waals surface area contributed by atoms with Crippen molar-refractivity contribution in [3.63, 3.8) is 0 Å². The molecule has 1 fully saturated rings. The Morgan fingerprint density at radius 2 is 1.92 bits per heavy atom. The monoisotopic (exact) mass is 328 g/mol. The SMILES string of the molecule is CC(=O)O[C@@H]1CC[C@@]2(C)c3ccc(C(C)C)cc3CC[C@@H]2C1(C)C. The van der Waals surface area contributed by atoms with Crippen LogP contribution in [0.15, 0.2) is 18.2 Å². The fraction of sp³-hybridized carbons (Fsp3) is 0.682. The first-order valence-electron chi connectivity index (χ1n) is 9.46. The Hall–Kier alpha value is -1.31. The average molecular weight is 328 g/mol. The predicted molar refractivity (Wildman–Crippen MR) is 98.3 cm³/mol. The number of benzene rings is 1. The highest BCUT2D eigenvalue weighted by molar-refractivity contribution is 5.66. The summed E-state index contributed by atoms with van der Waals surface area (Å²) in [6.45, 7) is 13.1. The van der Waals surface area contributed by atoms with Crippen molar-refractivity contribution >= 4 is 5.97 Å². The molecule has 0 heterocycles. The number of rotatable bonds is 2. The molecule has 2 heteroatoms. The third kappa shape index (κ3) is 2.68. The van der Waals surface area contributed by atoms with Crippen molar-refractivity contribution < 1.29 is 9.53 Å². The summed E-state index contributed by atoms with van der Waals surface area (Å²) in [5, 5.41) is 0. The lowest BCUT2D eigenvalue weighted by molar-refractivity contribution is -0.163. The molecule has 24 heavy (non-hydrogen) atoms. The molecule has 1 saturated carbocycles. The van der Waals surface area contributed by atoms with Crippen LogP contribution >= 0.6 is 0 Å². The van der Waals surface area contributed by atoms with E-state index in [4.69, 9.17) is 4.74 Å². The van der Waals surface area contributed by atoms with Crippen LogP contribution in [0.2, 0.25) is 0 Å². The van der Waals surface area contributed by atoms with E-state index in [-0.39, 0.29) is 22.9 Å². The molecule has 0 spiro atoms. The highest BCUT2D eigenvalue weighted by atomic mass is 16.5. The highest BCUT2D eigenvalue weighted by Crippen LogP contribution is 2.57. The van der Waals surface area contributed by atoms with Gasteiger partial charge >= 0.3 is 5.97 Å². The maximum atomic E-state index is 11.5. The lowest BCUT2D eigenvalue weighted by Crippen LogP contribution is -2.54. The first-order valence-corrected chi connectivity index (χ1v) is 9.46. The number of ether oxygens (including phenoxy) is 1. The lowest BCUT2D eigenvalue weighted by Gasteiger charge is -2.56. The van der Waals surface area contributed by atoms with Crippen molar-refractivity contribution in [2.45, 2.75) is 84.7 Å². The number of esters is 1. The molecule has 0 aromatic heterocycles. The number of hydrogen-bond donors (Lipinski definition) is 0. The number of carbonyl (C=O) groups is 1. The van der Waals surface area contributed by atoms with Gasteiger partial charge < -0.3 is 4.74 Å². The zero-order valence-corrected chi connectivity index (χ0v) is 16.1. The summed E-state index contributed by atoms with van der Waals surface area (Å²) in [6, 6.07) is 7.15. The van der Waals surface area contributed by atoms with Crippen LogP contribution < -0.4 is 0 Å². The number of fused-ring (bicyclic) bond motifs is 3. The van der Waals surface area contributed by atoms with Crippen LogP contribution in [-0.4, -0.2) is 12.1 Å². The van der Waals surface area contributed by atoms with E-state index in [0.29, 0.717) is 11.8 Å². The van der Waals surface area contributed by atoms with Crippen LogP contribution in [-0.2, 0) is 21.4 Å². The average Bonchev–Trinajstić information content (AvgIpc) is 2.49. The van der Waals surface area contributed by atoms with Gasteiger partial charge in [0.25, 0.3) is 0 Å². The van der Waals surface area contributed by atoms with Gasteiger partial charge in [-0.3, -0.25) is 4.79 Å². The summed E-state index contributed by atoms with van der Waals surface area (Å²) in [5.74, 6) is 0.993. The summed E-state index contributed by atoms with van der Waals surface area (Å²) in [7, 11) is 0. The van der Waals surface area contributed by atoms with Crippen molar-refractivity contribution in [2.75, 3.05) is 0 Å². The van der Waals surface area contributed by atoms with Crippen LogP contribution in [0.25, 0.3) is 0 Å². The second kappa shape index (κ2) is 5.89. The highest BCUT2D eigenvalue weighted by Gasteiger charge is 2.54. The summed E-state index contributed by atoms with van der Waals surface area (Å²) in [6.07, 6.45) is 4.45. The molecule has 132 valence electrons. The van der Waals surface area contributed by atoms with Crippen LogP contribution in [0.5, 0.6) is 0 Å². The molecule has 0 bridgehead atoms. The van der Waals surface area contributed by atoms with Crippen molar-refractivity contribution in [3.05, 3.63) is 34.9 Å². The van der Waals surface area contributed by atoms with Gasteiger partial charge in [-0.25, -0.2) is 0 Å². The molecule has 0 radical (unpaired) electrons. The van der Waals surface area contributed by atoms with Gasteiger partial charge in [-0.05, 0) is 59.6 Å². The minimum absolute atomic E-state index is 0.0209. The van der Waals surface area contributed by atoms with Gasteiger partial charge in [-0.2, -0.15) is 0 Å². The van der Waals surface area contributed by atoms with E-state index >= 15 is 0 Å². The molecule has 0 aliphatic heterocycles. The van der Waals surface area contributed by atoms with E-state index in [0.717, 1.165) is 19.3 Å². The van der Waals surface area contributed by atoms with Crippen LogP contribution in [0.4, 0.5) is 0 Å². The first-order chi connectivity index (χ1) is 11.2. The van der Waals surface area contributed by atoms with Gasteiger partial charge in [-0.1, -0.05) is 52.8 Å². The molecular formula is C22H32O2. The molecule has 0 amide bonds. The molecule has 2 aliphatic carbocycles. The standard InChI is InChI=1S/C22H32O2/c1-14(2)16-7-9-18-17(13-16)8-10-19-21(4,5)20(24-15(3)23)11-12-22(18,19)6/h7,9,13-14,19-20H,8,10-12H2,1-6H3/t19-,20-,22+/m1/s1. The maximum absolute atomic E-state index is 11.5. The zero-order chi connectivity index (χ0) is 17.7. The molecule has 0 saturated heterocycles. The van der Waals surface area contributed by atoms with E-state index < -0.39 is 0 Å². The summed E-state index contributed by atoms with van der Waals surface area (Å²) in [5.41, 5.74) is 4.75. The van der Waals surface area contributed by atoms with Gasteiger partial charge in [0.2, 0.25) is 0 Å². The Balaban J connectivity index is 1.98. The van der Waals surface area contributed by atoms with E-state index in [1.165, 1.54) is 24.5 Å². The van der Waals surface area contributed by atoms with Crippen LogP contribution in [0.3, 0.4) is 0 Å². The molecule has 0 N–H and O–H groups in total. The number of carbonyl (C=O) groups excluding carboxylic acids is 1. The predicted octanol–water partition coefficient (Wildman–Crippen LogP) is 5.38. The molecule has 2 aliphatic rings. The number of aryl methyl sites for hydroxylation is 1. The largest absolute Gasteiger partial charge is 0.462 e. The van der Waals surface area contributed by atoms with E-state index in [9.17, 15) is 4.79 Å². The van der Waals surface area contributed by atoms with Gasteiger partial charge in [-0.15, -0.1) is 0 Å². The molecule has 1 aromatic rings. The second-order valence-corrected chi connectivity index (χ2v) is 9.04. The normalized spacial score (nSPS) is 31.3. The summed E-state index contributed by atoms with van der Waals surface area (Å²) in [4.78, 5) is 11.5. The molecule has 1 aromatic carbocycles. The van der Waals surface area contributed by atoms with Gasteiger partial charge in [0.05, 0.1) is 0 Å². The van der Waals surface area contributed by atoms with Crippen molar-refractivity contribution in [1.29, 1.82) is 0 Å². The summed E-state index contributed by atoms with van der Waals surface area (Å²) >= 11 is 0. The summed E-state index contributed by atoms with van der Waals surface area (Å²) < 4.78 is 5.70. The Labute approximate surface area is 147 Å². The maximum Gasteiger partial charge on any atom is 0.302 e. The van der Waals surface area contributed by atoms with Crippen LogP contribution in [0.1, 0.15) is 83.4 Å². The van der Waals surface area contributed by atoms with Gasteiger partial charge in [0.1, 0.15) is 6.10 Å². The molecule has 3 rings (SSSR count). The van der Waals surface area contributed by atoms with Crippen LogP contribution in [0, 0.1) is 11.3 Å². The molecule has 2 nitrogen and oxygen atoms in total. The Morgan fingerprint density at radius 1 is 1.21 bits per heavy atom. The molecule has 0 unspecified atom stereocenters. The van der Waals surface area contributed by atoms with Gasteiger partial charge in [0, 0.05) is 12.3 Å². The topological polar surface area (TPSA) is 26.3 Å². The van der Waals surface area contributed by atoms with Crippen molar-refractivity contribution in [1.82, 2.24) is 0 Å². The second-order valence-electron chi connectivity index (χ2n) is 9.04. The Kier molecular flexibility index (Phi) is 4.30. The smallest absolute Gasteiger partial charge is 0.302 e. The van der Waals surface area contributed by atoms with E-state index in [1.54, 1.807) is 5.56 Å². The van der Waals surface area contributed by atoms with Gasteiger partial charge in [0.15, 0.2) is 0 Å². The lowest BCUT2D eigenvalue weighted by atomic mass is 9.49. The minimum Gasteiger partial charge on any atom is -0.462 e. The van der Waals surface area contributed by atoms with Crippen molar-refractivity contribution in [2.24, 2.45) is 11.3 Å². The quantitative estimate of drug-likeness (QED) is 0.681. The third-order valence-corrected chi connectivity index (χ3v) is 6.84. The fourth-order valence-corrected chi connectivity index (χ4v) is 5.48.